The van der Waals surface area contributed by atoms with Gasteiger partial charge in [0.05, 0.1) is 24.4 Å². The molecule has 0 radical (unpaired) electrons. The second-order valence-electron chi connectivity index (χ2n) is 3.58. The summed E-state index contributed by atoms with van der Waals surface area (Å²) in [5.41, 5.74) is 0.714. The molecule has 0 aliphatic carbocycles. The van der Waals surface area contributed by atoms with Crippen LogP contribution in [-0.4, -0.2) is 24.1 Å². The second kappa shape index (κ2) is 5.68. The van der Waals surface area contributed by atoms with Gasteiger partial charge < -0.3 is 15.2 Å². The summed E-state index contributed by atoms with van der Waals surface area (Å²) >= 11 is 0. The number of carboxylic acid groups (broad SMARTS) is 1. The molecule has 94 valence electrons. The zero-order chi connectivity index (χ0) is 13.7. The lowest BCUT2D eigenvalue weighted by Gasteiger charge is -2.12. The highest BCUT2D eigenvalue weighted by molar-refractivity contribution is 6.04. The van der Waals surface area contributed by atoms with Crippen LogP contribution in [0.25, 0.3) is 0 Å². The van der Waals surface area contributed by atoms with Gasteiger partial charge in [0.25, 0.3) is 0 Å². The molecule has 2 N–H and O–H groups in total. The molecule has 6 nitrogen and oxygen atoms in total. The molecular weight excluding hydrogens is 236 g/mol. The molecule has 1 rings (SSSR count). The first-order valence-corrected chi connectivity index (χ1v) is 5.11. The summed E-state index contributed by atoms with van der Waals surface area (Å²) in [6, 6.07) is 6.39. The van der Waals surface area contributed by atoms with Crippen molar-refractivity contribution >= 4 is 17.6 Å². The molecule has 0 aromatic heterocycles. The Hall–Kier alpha value is -2.55. The minimum Gasteiger partial charge on any atom is -0.495 e. The van der Waals surface area contributed by atoms with Crippen molar-refractivity contribution in [3.05, 3.63) is 23.8 Å². The number of anilines is 1. The van der Waals surface area contributed by atoms with E-state index >= 15 is 0 Å². The quantitative estimate of drug-likeness (QED) is 0.780. The summed E-state index contributed by atoms with van der Waals surface area (Å²) < 4.78 is 5.02. The number of nitriles is 1. The molecule has 0 bridgehead atoms. The fraction of sp³-hybridized carbons (Fsp3) is 0.250. The number of carbonyl (C=O) groups is 2. The SMILES string of the molecule is COc1cc(C#N)ccc1NC(=O)C(C)C(=O)O. The van der Waals surface area contributed by atoms with E-state index in [0.717, 1.165) is 0 Å². The Balaban J connectivity index is 2.95. The van der Waals surface area contributed by atoms with Gasteiger partial charge in [0, 0.05) is 6.07 Å². The molecule has 6 heteroatoms. The van der Waals surface area contributed by atoms with Crippen molar-refractivity contribution in [3.8, 4) is 11.8 Å². The maximum absolute atomic E-state index is 11.6. The van der Waals surface area contributed by atoms with Crippen molar-refractivity contribution in [2.75, 3.05) is 12.4 Å². The van der Waals surface area contributed by atoms with Crippen LogP contribution in [0.3, 0.4) is 0 Å². The number of nitrogens with one attached hydrogen (secondary N) is 1. The molecule has 0 saturated carbocycles. The van der Waals surface area contributed by atoms with Crippen molar-refractivity contribution in [3.63, 3.8) is 0 Å². The average Bonchev–Trinajstić information content (AvgIpc) is 2.37. The van der Waals surface area contributed by atoms with Gasteiger partial charge in [-0.1, -0.05) is 0 Å². The number of carbonyl (C=O) groups excluding carboxylic acids is 1. The number of aliphatic carboxylic acids is 1. The van der Waals surface area contributed by atoms with Crippen molar-refractivity contribution in [2.45, 2.75) is 6.92 Å². The minimum absolute atomic E-state index is 0.306. The summed E-state index contributed by atoms with van der Waals surface area (Å²) in [5, 5.41) is 19.9. The molecular formula is C12H12N2O4. The van der Waals surface area contributed by atoms with Crippen molar-refractivity contribution < 1.29 is 19.4 Å². The molecule has 0 saturated heterocycles. The highest BCUT2D eigenvalue weighted by Gasteiger charge is 2.21. The first-order chi connectivity index (χ1) is 8.49. The number of benzene rings is 1. The van der Waals surface area contributed by atoms with E-state index in [0.29, 0.717) is 17.0 Å². The highest BCUT2D eigenvalue weighted by atomic mass is 16.5. The number of amides is 1. The molecule has 1 aromatic rings. The third-order valence-electron chi connectivity index (χ3n) is 2.35. The highest BCUT2D eigenvalue weighted by Crippen LogP contribution is 2.25. The van der Waals surface area contributed by atoms with Crippen LogP contribution in [0.2, 0.25) is 0 Å². The van der Waals surface area contributed by atoms with Crippen LogP contribution in [-0.2, 0) is 9.59 Å². The summed E-state index contributed by atoms with van der Waals surface area (Å²) in [4.78, 5) is 22.2. The van der Waals surface area contributed by atoms with Gasteiger partial charge in [-0.25, -0.2) is 0 Å². The van der Waals surface area contributed by atoms with Gasteiger partial charge in [0.2, 0.25) is 5.91 Å². The Morgan fingerprint density at radius 3 is 2.67 bits per heavy atom. The van der Waals surface area contributed by atoms with E-state index in [-0.39, 0.29) is 0 Å². The topological polar surface area (TPSA) is 99.4 Å². The van der Waals surface area contributed by atoms with E-state index in [1.54, 1.807) is 0 Å². The third kappa shape index (κ3) is 2.98. The van der Waals surface area contributed by atoms with Crippen molar-refractivity contribution in [2.24, 2.45) is 5.92 Å². The van der Waals surface area contributed by atoms with Gasteiger partial charge in [-0.3, -0.25) is 9.59 Å². The second-order valence-corrected chi connectivity index (χ2v) is 3.58. The lowest BCUT2D eigenvalue weighted by Crippen LogP contribution is -2.27. The first-order valence-electron chi connectivity index (χ1n) is 5.11. The third-order valence-corrected chi connectivity index (χ3v) is 2.35. The van der Waals surface area contributed by atoms with E-state index in [4.69, 9.17) is 15.1 Å². The molecule has 0 spiro atoms. The summed E-state index contributed by atoms with van der Waals surface area (Å²) in [5.74, 6) is -2.71. The Labute approximate surface area is 104 Å². The van der Waals surface area contributed by atoms with E-state index in [1.165, 1.54) is 32.2 Å². The zero-order valence-corrected chi connectivity index (χ0v) is 9.93. The molecule has 0 aliphatic rings. The number of methoxy groups -OCH3 is 1. The van der Waals surface area contributed by atoms with Crippen LogP contribution < -0.4 is 10.1 Å². The standard InChI is InChI=1S/C12H12N2O4/c1-7(12(16)17)11(15)14-9-4-3-8(6-13)5-10(9)18-2/h3-5,7H,1-2H3,(H,14,15)(H,16,17). The monoisotopic (exact) mass is 248 g/mol. The van der Waals surface area contributed by atoms with Gasteiger partial charge in [0.1, 0.15) is 11.7 Å². The molecule has 1 atom stereocenters. The Kier molecular flexibility index (Phi) is 4.27. The normalized spacial score (nSPS) is 11.2. The lowest BCUT2D eigenvalue weighted by molar-refractivity contribution is -0.144. The smallest absolute Gasteiger partial charge is 0.315 e. The fourth-order valence-electron chi connectivity index (χ4n) is 1.22. The van der Waals surface area contributed by atoms with Crippen LogP contribution in [0.1, 0.15) is 12.5 Å². The van der Waals surface area contributed by atoms with Gasteiger partial charge in [-0.15, -0.1) is 0 Å². The van der Waals surface area contributed by atoms with Crippen molar-refractivity contribution in [1.82, 2.24) is 0 Å². The summed E-state index contributed by atoms with van der Waals surface area (Å²) in [6.07, 6.45) is 0. The Morgan fingerprint density at radius 2 is 2.17 bits per heavy atom. The van der Waals surface area contributed by atoms with E-state index in [1.807, 2.05) is 6.07 Å². The molecule has 0 fully saturated rings. The van der Waals surface area contributed by atoms with Gasteiger partial charge in [-0.2, -0.15) is 5.26 Å². The largest absolute Gasteiger partial charge is 0.495 e. The maximum Gasteiger partial charge on any atom is 0.315 e. The molecule has 1 amide bonds. The van der Waals surface area contributed by atoms with E-state index < -0.39 is 17.8 Å². The number of rotatable bonds is 4. The van der Waals surface area contributed by atoms with Crippen LogP contribution in [0.15, 0.2) is 18.2 Å². The molecule has 1 aromatic carbocycles. The molecule has 18 heavy (non-hydrogen) atoms. The van der Waals surface area contributed by atoms with Gasteiger partial charge in [-0.05, 0) is 19.1 Å². The Bertz CT molecular complexity index is 519. The van der Waals surface area contributed by atoms with Crippen molar-refractivity contribution in [1.29, 1.82) is 5.26 Å². The van der Waals surface area contributed by atoms with Crippen LogP contribution in [0, 0.1) is 17.2 Å². The fourth-order valence-corrected chi connectivity index (χ4v) is 1.22. The predicted molar refractivity (Wildman–Crippen MR) is 63.1 cm³/mol. The Morgan fingerprint density at radius 1 is 1.50 bits per heavy atom. The maximum atomic E-state index is 11.6. The average molecular weight is 248 g/mol. The molecule has 1 unspecified atom stereocenters. The summed E-state index contributed by atoms with van der Waals surface area (Å²) in [7, 11) is 1.40. The lowest BCUT2D eigenvalue weighted by atomic mass is 10.1. The summed E-state index contributed by atoms with van der Waals surface area (Å²) in [6.45, 7) is 1.29. The predicted octanol–water partition coefficient (Wildman–Crippen LogP) is 1.23. The van der Waals surface area contributed by atoms with Gasteiger partial charge in [0.15, 0.2) is 0 Å². The van der Waals surface area contributed by atoms with Crippen LogP contribution in [0.4, 0.5) is 5.69 Å². The molecule has 0 aliphatic heterocycles. The number of hydrogen-bond acceptors (Lipinski definition) is 4. The minimum atomic E-state index is -1.21. The van der Waals surface area contributed by atoms with Gasteiger partial charge >= 0.3 is 5.97 Å². The zero-order valence-electron chi connectivity index (χ0n) is 9.93. The van der Waals surface area contributed by atoms with Crippen LogP contribution >= 0.6 is 0 Å². The number of ether oxygens (including phenoxy) is 1. The van der Waals surface area contributed by atoms with E-state index in [2.05, 4.69) is 5.32 Å². The number of nitrogens with zero attached hydrogens (tertiary/aromatic N) is 1. The van der Waals surface area contributed by atoms with E-state index in [9.17, 15) is 9.59 Å². The number of carboxylic acids is 1. The van der Waals surface area contributed by atoms with Crippen LogP contribution in [0.5, 0.6) is 5.75 Å². The molecule has 0 heterocycles. The first kappa shape index (κ1) is 13.5. The number of hydrogen-bond donors (Lipinski definition) is 2.